The zero-order valence-electron chi connectivity index (χ0n) is 13.3. The highest BCUT2D eigenvalue weighted by Gasteiger charge is 2.12. The van der Waals surface area contributed by atoms with Crippen molar-refractivity contribution in [3.8, 4) is 6.01 Å². The van der Waals surface area contributed by atoms with E-state index in [9.17, 15) is 0 Å². The van der Waals surface area contributed by atoms with Gasteiger partial charge in [-0.3, -0.25) is 0 Å². The topological polar surface area (TPSA) is 63.2 Å². The molecule has 0 saturated heterocycles. The van der Waals surface area contributed by atoms with Crippen molar-refractivity contribution < 1.29 is 4.74 Å². The molecule has 6 heteroatoms. The van der Waals surface area contributed by atoms with Crippen LogP contribution in [0.5, 0.6) is 6.01 Å². The van der Waals surface area contributed by atoms with E-state index in [4.69, 9.17) is 4.74 Å². The van der Waals surface area contributed by atoms with Gasteiger partial charge < -0.3 is 15.0 Å². The summed E-state index contributed by atoms with van der Waals surface area (Å²) in [6.07, 6.45) is 1.02. The highest BCUT2D eigenvalue weighted by Crippen LogP contribution is 2.15. The summed E-state index contributed by atoms with van der Waals surface area (Å²) in [5.74, 6) is 1.69. The number of nitrogens with zero attached hydrogens (tertiary/aromatic N) is 4. The zero-order chi connectivity index (χ0) is 15.0. The smallest absolute Gasteiger partial charge is 0.323 e. The molecule has 1 rings (SSSR count). The maximum atomic E-state index is 5.64. The summed E-state index contributed by atoms with van der Waals surface area (Å²) in [7, 11) is 0. The van der Waals surface area contributed by atoms with Gasteiger partial charge in [0.25, 0.3) is 0 Å². The normalized spacial score (nSPS) is 10.7. The maximum Gasteiger partial charge on any atom is 0.323 e. The van der Waals surface area contributed by atoms with Crippen molar-refractivity contribution in [1.82, 2.24) is 15.0 Å². The van der Waals surface area contributed by atoms with Gasteiger partial charge in [-0.05, 0) is 26.2 Å². The van der Waals surface area contributed by atoms with Crippen LogP contribution < -0.4 is 15.0 Å². The molecule has 0 aromatic carbocycles. The molecule has 0 atom stereocenters. The number of nitrogens with one attached hydrogen (secondary N) is 1. The minimum absolute atomic E-state index is 0.397. The van der Waals surface area contributed by atoms with Crippen LogP contribution in [0.25, 0.3) is 0 Å². The van der Waals surface area contributed by atoms with E-state index in [2.05, 4.69) is 59.8 Å². The van der Waals surface area contributed by atoms with E-state index in [1.807, 2.05) is 0 Å². The highest BCUT2D eigenvalue weighted by atomic mass is 16.5. The number of hydrogen-bond donors (Lipinski definition) is 1. The van der Waals surface area contributed by atoms with Gasteiger partial charge in [0, 0.05) is 19.6 Å². The zero-order valence-corrected chi connectivity index (χ0v) is 13.3. The van der Waals surface area contributed by atoms with Crippen LogP contribution in [-0.2, 0) is 0 Å². The quantitative estimate of drug-likeness (QED) is 0.750. The number of hydrogen-bond acceptors (Lipinski definition) is 6. The van der Waals surface area contributed by atoms with Crippen LogP contribution in [0.15, 0.2) is 0 Å². The third-order valence-corrected chi connectivity index (χ3v) is 2.73. The molecule has 0 aliphatic rings. The molecule has 0 fully saturated rings. The molecule has 20 heavy (non-hydrogen) atoms. The molecule has 0 unspecified atom stereocenters. The van der Waals surface area contributed by atoms with Gasteiger partial charge >= 0.3 is 6.01 Å². The summed E-state index contributed by atoms with van der Waals surface area (Å²) < 4.78 is 5.64. The van der Waals surface area contributed by atoms with Gasteiger partial charge in [0.05, 0.1) is 6.61 Å². The van der Waals surface area contributed by atoms with Gasteiger partial charge in [0.15, 0.2) is 0 Å². The fraction of sp³-hybridized carbons (Fsp3) is 0.786. The van der Waals surface area contributed by atoms with Gasteiger partial charge in [-0.1, -0.05) is 20.8 Å². The molecule has 0 bridgehead atoms. The summed E-state index contributed by atoms with van der Waals surface area (Å²) in [6.45, 7) is 13.6. The molecule has 1 aromatic rings. The maximum absolute atomic E-state index is 5.64. The average Bonchev–Trinajstić information content (AvgIpc) is 2.44. The Morgan fingerprint density at radius 1 is 1.10 bits per heavy atom. The molecule has 6 nitrogen and oxygen atoms in total. The van der Waals surface area contributed by atoms with Crippen molar-refractivity contribution in [2.75, 3.05) is 36.5 Å². The molecule has 0 amide bonds. The third-order valence-electron chi connectivity index (χ3n) is 2.73. The lowest BCUT2D eigenvalue weighted by atomic mass is 10.2. The van der Waals surface area contributed by atoms with Crippen LogP contribution >= 0.6 is 0 Å². The largest absolute Gasteiger partial charge is 0.463 e. The van der Waals surface area contributed by atoms with Gasteiger partial charge in [0.1, 0.15) is 0 Å². The minimum Gasteiger partial charge on any atom is -0.463 e. The van der Waals surface area contributed by atoms with Crippen molar-refractivity contribution in [2.24, 2.45) is 5.92 Å². The summed E-state index contributed by atoms with van der Waals surface area (Å²) >= 11 is 0. The van der Waals surface area contributed by atoms with Crippen molar-refractivity contribution in [1.29, 1.82) is 0 Å². The molecule has 0 aliphatic heterocycles. The van der Waals surface area contributed by atoms with Crippen LogP contribution in [0, 0.1) is 5.92 Å². The Bertz CT molecular complexity index is 393. The summed E-state index contributed by atoms with van der Waals surface area (Å²) in [4.78, 5) is 15.2. The Hall–Kier alpha value is -1.59. The molecule has 1 heterocycles. The van der Waals surface area contributed by atoms with Crippen molar-refractivity contribution in [3.05, 3.63) is 0 Å². The van der Waals surface area contributed by atoms with Gasteiger partial charge in [-0.2, -0.15) is 15.0 Å². The first kappa shape index (κ1) is 16.5. The first-order valence-corrected chi connectivity index (χ1v) is 7.48. The summed E-state index contributed by atoms with van der Waals surface area (Å²) in [5.41, 5.74) is 0. The Morgan fingerprint density at radius 2 is 1.80 bits per heavy atom. The van der Waals surface area contributed by atoms with E-state index in [1.54, 1.807) is 0 Å². The van der Waals surface area contributed by atoms with Crippen molar-refractivity contribution in [2.45, 2.75) is 41.0 Å². The predicted molar refractivity (Wildman–Crippen MR) is 82.5 cm³/mol. The van der Waals surface area contributed by atoms with Gasteiger partial charge in [-0.15, -0.1) is 0 Å². The van der Waals surface area contributed by atoms with Crippen molar-refractivity contribution >= 4 is 11.9 Å². The monoisotopic (exact) mass is 281 g/mol. The Kier molecular flexibility index (Phi) is 7.04. The lowest BCUT2D eigenvalue weighted by Crippen LogP contribution is -2.25. The molecule has 0 spiro atoms. The first-order chi connectivity index (χ1) is 9.60. The van der Waals surface area contributed by atoms with Crippen LogP contribution in [0.2, 0.25) is 0 Å². The Labute approximate surface area is 122 Å². The minimum atomic E-state index is 0.397. The third kappa shape index (κ3) is 5.19. The van der Waals surface area contributed by atoms with E-state index in [0.29, 0.717) is 30.4 Å². The molecule has 1 aromatic heterocycles. The second kappa shape index (κ2) is 8.55. The molecule has 0 radical (unpaired) electrons. The van der Waals surface area contributed by atoms with Crippen LogP contribution in [0.3, 0.4) is 0 Å². The van der Waals surface area contributed by atoms with Gasteiger partial charge in [0.2, 0.25) is 11.9 Å². The molecular weight excluding hydrogens is 254 g/mol. The lowest BCUT2D eigenvalue weighted by molar-refractivity contribution is 0.250. The predicted octanol–water partition coefficient (Wildman–Crippen LogP) is 2.57. The second-order valence-electron chi connectivity index (χ2n) is 5.05. The fourth-order valence-corrected chi connectivity index (χ4v) is 1.62. The lowest BCUT2D eigenvalue weighted by Gasteiger charge is -2.19. The van der Waals surface area contributed by atoms with E-state index >= 15 is 0 Å². The van der Waals surface area contributed by atoms with Gasteiger partial charge in [-0.25, -0.2) is 0 Å². The van der Waals surface area contributed by atoms with E-state index in [0.717, 1.165) is 26.1 Å². The van der Waals surface area contributed by atoms with E-state index < -0.39 is 0 Å². The van der Waals surface area contributed by atoms with Crippen LogP contribution in [0.4, 0.5) is 11.9 Å². The molecule has 1 N–H and O–H groups in total. The van der Waals surface area contributed by atoms with Crippen molar-refractivity contribution in [3.63, 3.8) is 0 Å². The molecular formula is C14H27N5O. The Balaban J connectivity index is 2.93. The molecule has 114 valence electrons. The van der Waals surface area contributed by atoms with E-state index in [1.165, 1.54) is 0 Å². The number of rotatable bonds is 9. The first-order valence-electron chi connectivity index (χ1n) is 7.48. The average molecular weight is 281 g/mol. The van der Waals surface area contributed by atoms with Crippen LogP contribution in [-0.4, -0.2) is 41.2 Å². The second-order valence-corrected chi connectivity index (χ2v) is 5.05. The number of aromatic nitrogens is 3. The standard InChI is InChI=1S/C14H27N5O/c1-6-9-15-12-16-13(19(7-2)8-3)18-14(17-12)20-10-11(4)5/h11H,6-10H2,1-5H3,(H,15,16,17,18). The molecule has 0 saturated carbocycles. The SMILES string of the molecule is CCCNc1nc(OCC(C)C)nc(N(CC)CC)n1. The van der Waals surface area contributed by atoms with E-state index in [-0.39, 0.29) is 0 Å². The Morgan fingerprint density at radius 3 is 2.35 bits per heavy atom. The highest BCUT2D eigenvalue weighted by molar-refractivity contribution is 5.38. The number of anilines is 2. The van der Waals surface area contributed by atoms with Crippen LogP contribution in [0.1, 0.15) is 41.0 Å². The summed E-state index contributed by atoms with van der Waals surface area (Å²) in [6, 6.07) is 0.397. The molecule has 0 aliphatic carbocycles. The summed E-state index contributed by atoms with van der Waals surface area (Å²) in [5, 5.41) is 3.20. The fourth-order valence-electron chi connectivity index (χ4n) is 1.62. The number of ether oxygens (including phenoxy) is 1.